The molecule has 6 aromatic carbocycles. The molecular formula is C42H28BF3N4O3S2. The Morgan fingerprint density at radius 2 is 1.22 bits per heavy atom. The van der Waals surface area contributed by atoms with E-state index in [-0.39, 0.29) is 16.3 Å². The normalized spacial score (nSPS) is 11.5. The molecule has 0 aliphatic carbocycles. The van der Waals surface area contributed by atoms with Crippen LogP contribution in [0.1, 0.15) is 11.1 Å². The van der Waals surface area contributed by atoms with Crippen LogP contribution in [-0.2, 0) is 6.18 Å². The number of halogens is 3. The summed E-state index contributed by atoms with van der Waals surface area (Å²) in [5.74, 6) is 0. The molecule has 0 unspecified atom stereocenters. The third-order valence-corrected chi connectivity index (χ3v) is 11.5. The molecule has 4 heterocycles. The lowest BCUT2D eigenvalue weighted by atomic mass is 9.89. The Morgan fingerprint density at radius 1 is 0.636 bits per heavy atom. The van der Waals surface area contributed by atoms with E-state index >= 15 is 0 Å². The molecule has 10 aromatic rings. The number of aromatic amines is 1. The van der Waals surface area contributed by atoms with Gasteiger partial charge in [0.2, 0.25) is 0 Å². The van der Waals surface area contributed by atoms with Crippen molar-refractivity contribution in [2.45, 2.75) is 13.1 Å². The number of alkyl halides is 3. The topological polar surface area (TPSA) is 112 Å². The SMILES string of the molecule is Cc1c2ccccc2cc2c(-c3cc4ccccc4s3)ncnc12.O=c1[nH]cnc2c(C(F)(F)F)c3ccccc3cc12.OB(O)c1cc2ccccc2s1. The lowest BCUT2D eigenvalue weighted by Crippen LogP contribution is -2.26. The van der Waals surface area contributed by atoms with Gasteiger partial charge in [0.1, 0.15) is 6.33 Å². The number of fused-ring (bicyclic) bond motifs is 6. The van der Waals surface area contributed by atoms with Gasteiger partial charge in [0, 0.05) is 19.6 Å². The molecule has 7 nitrogen and oxygen atoms in total. The van der Waals surface area contributed by atoms with Crippen LogP contribution in [0.3, 0.4) is 0 Å². The van der Waals surface area contributed by atoms with Crippen LogP contribution in [0.4, 0.5) is 13.2 Å². The van der Waals surface area contributed by atoms with E-state index in [1.807, 2.05) is 24.3 Å². The average Bonchev–Trinajstić information content (AvgIpc) is 3.83. The van der Waals surface area contributed by atoms with Crippen LogP contribution < -0.4 is 10.3 Å². The summed E-state index contributed by atoms with van der Waals surface area (Å²) in [4.78, 5) is 28.0. The van der Waals surface area contributed by atoms with Gasteiger partial charge < -0.3 is 15.0 Å². The summed E-state index contributed by atoms with van der Waals surface area (Å²) in [6, 6.07) is 38.5. The molecule has 0 saturated heterocycles. The summed E-state index contributed by atoms with van der Waals surface area (Å²) in [7, 11) is -1.35. The van der Waals surface area contributed by atoms with Gasteiger partial charge in [0.15, 0.2) is 0 Å². The highest BCUT2D eigenvalue weighted by Gasteiger charge is 2.36. The van der Waals surface area contributed by atoms with Crippen molar-refractivity contribution in [3.05, 3.63) is 155 Å². The Morgan fingerprint density at radius 3 is 1.87 bits per heavy atom. The van der Waals surface area contributed by atoms with Gasteiger partial charge in [-0.1, -0.05) is 84.9 Å². The van der Waals surface area contributed by atoms with E-state index in [0.717, 1.165) is 33.0 Å². The Kier molecular flexibility index (Phi) is 9.62. The van der Waals surface area contributed by atoms with Crippen molar-refractivity contribution in [2.75, 3.05) is 0 Å². The van der Waals surface area contributed by atoms with Crippen LogP contribution in [0, 0.1) is 6.92 Å². The Hall–Kier alpha value is -5.99. The van der Waals surface area contributed by atoms with Crippen molar-refractivity contribution < 1.29 is 23.2 Å². The number of nitrogens with one attached hydrogen (secondary N) is 1. The predicted molar refractivity (Wildman–Crippen MR) is 219 cm³/mol. The molecule has 0 atom stereocenters. The average molecular weight is 769 g/mol. The van der Waals surface area contributed by atoms with Crippen molar-refractivity contribution in [1.82, 2.24) is 19.9 Å². The summed E-state index contributed by atoms with van der Waals surface area (Å²) in [6.07, 6.45) is -1.90. The zero-order valence-corrected chi connectivity index (χ0v) is 30.5. The van der Waals surface area contributed by atoms with Crippen LogP contribution in [0.5, 0.6) is 0 Å². The number of aryl methyl sites for hydroxylation is 1. The highest BCUT2D eigenvalue weighted by Crippen LogP contribution is 2.39. The molecule has 0 bridgehead atoms. The van der Waals surface area contributed by atoms with E-state index in [1.165, 1.54) is 66.9 Å². The van der Waals surface area contributed by atoms with Crippen LogP contribution in [-0.4, -0.2) is 37.1 Å². The minimum Gasteiger partial charge on any atom is -0.423 e. The number of benzene rings is 6. The molecule has 0 saturated carbocycles. The second-order valence-electron chi connectivity index (χ2n) is 12.6. The maximum atomic E-state index is 13.2. The largest absolute Gasteiger partial charge is 0.499 e. The van der Waals surface area contributed by atoms with E-state index in [9.17, 15) is 18.0 Å². The van der Waals surface area contributed by atoms with Gasteiger partial charge in [0.25, 0.3) is 5.56 Å². The summed E-state index contributed by atoms with van der Waals surface area (Å²) >= 11 is 3.19. The smallest absolute Gasteiger partial charge is 0.423 e. The third kappa shape index (κ3) is 7.06. The second kappa shape index (κ2) is 14.7. The van der Waals surface area contributed by atoms with Gasteiger partial charge in [0.05, 0.1) is 38.9 Å². The van der Waals surface area contributed by atoms with Gasteiger partial charge in [-0.2, -0.15) is 13.2 Å². The molecular weight excluding hydrogens is 740 g/mol. The molecule has 0 aliphatic heterocycles. The number of H-pyrrole nitrogens is 1. The molecule has 0 aliphatic rings. The number of nitrogens with zero attached hydrogens (tertiary/aromatic N) is 3. The quantitative estimate of drug-likeness (QED) is 0.119. The maximum Gasteiger partial charge on any atom is 0.499 e. The summed E-state index contributed by atoms with van der Waals surface area (Å²) in [5.41, 5.74) is 1.50. The van der Waals surface area contributed by atoms with Crippen molar-refractivity contribution in [3.8, 4) is 10.6 Å². The first-order chi connectivity index (χ1) is 26.6. The van der Waals surface area contributed by atoms with Crippen LogP contribution in [0.15, 0.2) is 139 Å². The van der Waals surface area contributed by atoms with Crippen LogP contribution in [0.2, 0.25) is 0 Å². The van der Waals surface area contributed by atoms with Crippen molar-refractivity contribution in [2.24, 2.45) is 0 Å². The Labute approximate surface area is 319 Å². The Bertz CT molecular complexity index is 3020. The van der Waals surface area contributed by atoms with Gasteiger partial charge in [-0.15, -0.1) is 22.7 Å². The number of hydrogen-bond acceptors (Lipinski definition) is 8. The maximum absolute atomic E-state index is 13.2. The Balaban J connectivity index is 0.000000123. The lowest BCUT2D eigenvalue weighted by Gasteiger charge is -2.12. The van der Waals surface area contributed by atoms with Gasteiger partial charge in [-0.25, -0.2) is 15.0 Å². The molecule has 13 heteroatoms. The highest BCUT2D eigenvalue weighted by atomic mass is 32.1. The first-order valence-electron chi connectivity index (χ1n) is 17.0. The monoisotopic (exact) mass is 768 g/mol. The minimum atomic E-state index is -4.57. The molecule has 3 N–H and O–H groups in total. The number of hydrogen-bond donors (Lipinski definition) is 3. The highest BCUT2D eigenvalue weighted by molar-refractivity contribution is 7.27. The number of aromatic nitrogens is 4. The fourth-order valence-corrected chi connectivity index (χ4v) is 8.68. The number of thiophene rings is 2. The first-order valence-corrected chi connectivity index (χ1v) is 18.6. The second-order valence-corrected chi connectivity index (χ2v) is 14.8. The third-order valence-electron chi connectivity index (χ3n) is 9.20. The van der Waals surface area contributed by atoms with Crippen LogP contribution >= 0.6 is 22.7 Å². The number of rotatable bonds is 2. The fourth-order valence-electron chi connectivity index (χ4n) is 6.67. The van der Waals surface area contributed by atoms with Gasteiger partial charge >= 0.3 is 13.3 Å². The zero-order valence-electron chi connectivity index (χ0n) is 28.9. The van der Waals surface area contributed by atoms with E-state index in [4.69, 9.17) is 10.0 Å². The molecule has 270 valence electrons. The lowest BCUT2D eigenvalue weighted by molar-refractivity contribution is -0.135. The molecule has 0 radical (unpaired) electrons. The summed E-state index contributed by atoms with van der Waals surface area (Å²) in [5, 5.41) is 24.1. The molecule has 55 heavy (non-hydrogen) atoms. The molecule has 0 amide bonds. The molecule has 10 rings (SSSR count). The van der Waals surface area contributed by atoms with Crippen molar-refractivity contribution >= 4 is 98.1 Å². The van der Waals surface area contributed by atoms with Crippen molar-refractivity contribution in [3.63, 3.8) is 0 Å². The molecule has 0 fully saturated rings. The van der Waals surface area contributed by atoms with E-state index < -0.39 is 24.4 Å². The van der Waals surface area contributed by atoms with E-state index in [2.05, 4.69) is 87.5 Å². The minimum absolute atomic E-state index is 0.0422. The van der Waals surface area contributed by atoms with Gasteiger partial charge in [-0.05, 0) is 81.2 Å². The summed E-state index contributed by atoms with van der Waals surface area (Å²) < 4.78 is 42.6. The van der Waals surface area contributed by atoms with Crippen molar-refractivity contribution in [1.29, 1.82) is 0 Å². The zero-order chi connectivity index (χ0) is 38.3. The molecule has 0 spiro atoms. The first kappa shape index (κ1) is 36.0. The fraction of sp³-hybridized carbons (Fsp3) is 0.0476. The van der Waals surface area contributed by atoms with Gasteiger partial charge in [-0.3, -0.25) is 4.79 Å². The predicted octanol–water partition coefficient (Wildman–Crippen LogP) is 9.65. The van der Waals surface area contributed by atoms with E-state index in [0.29, 0.717) is 10.2 Å². The molecule has 4 aromatic heterocycles. The standard InChI is InChI=1S/C21H14N2S.C13H7F3N2O.C8H7BO2S/c1-13-16-8-4-2-6-14(16)10-17-20(13)22-12-23-21(17)19-11-15-7-3-5-9-18(15)24-19;14-13(15,16)10-8-4-2-1-3-7(8)5-9-11(10)17-6-18-12(9)19;10-9(11)8-5-6-3-1-2-4-7(6)12-8/h2-12H,1H3;1-6H,(H,17,18,19);1-5,10-11H. The van der Waals surface area contributed by atoms with E-state index in [1.54, 1.807) is 29.8 Å². The summed E-state index contributed by atoms with van der Waals surface area (Å²) in [6.45, 7) is 2.15. The van der Waals surface area contributed by atoms with Crippen LogP contribution in [0.25, 0.3) is 74.1 Å².